The molecular formula is C22H30N2O4. The molecule has 1 aliphatic carbocycles. The van der Waals surface area contributed by atoms with E-state index in [1.807, 2.05) is 36.1 Å². The van der Waals surface area contributed by atoms with Crippen LogP contribution in [0.4, 0.5) is 5.69 Å². The highest BCUT2D eigenvalue weighted by Gasteiger charge is 2.42. The minimum absolute atomic E-state index is 0.00511. The molecule has 0 bridgehead atoms. The van der Waals surface area contributed by atoms with Crippen molar-refractivity contribution in [2.45, 2.75) is 51.2 Å². The zero-order valence-corrected chi connectivity index (χ0v) is 16.6. The van der Waals surface area contributed by atoms with Crippen molar-refractivity contribution in [3.63, 3.8) is 0 Å². The predicted molar refractivity (Wildman–Crippen MR) is 106 cm³/mol. The van der Waals surface area contributed by atoms with Gasteiger partial charge in [-0.15, -0.1) is 0 Å². The van der Waals surface area contributed by atoms with Crippen molar-refractivity contribution in [3.05, 3.63) is 29.8 Å². The van der Waals surface area contributed by atoms with E-state index in [4.69, 9.17) is 9.47 Å². The molecule has 3 aliphatic rings. The Morgan fingerprint density at radius 2 is 1.68 bits per heavy atom. The normalized spacial score (nSPS) is 27.0. The van der Waals surface area contributed by atoms with Crippen molar-refractivity contribution in [3.8, 4) is 0 Å². The first kappa shape index (κ1) is 19.4. The molecule has 0 atom stereocenters. The molecule has 2 saturated heterocycles. The molecule has 0 aromatic heterocycles. The van der Waals surface area contributed by atoms with Gasteiger partial charge in [0.1, 0.15) is 0 Å². The van der Waals surface area contributed by atoms with Crippen LogP contribution < -0.4 is 5.32 Å². The van der Waals surface area contributed by atoms with Gasteiger partial charge in [0, 0.05) is 43.5 Å². The van der Waals surface area contributed by atoms with Crippen molar-refractivity contribution in [2.75, 3.05) is 31.6 Å². The van der Waals surface area contributed by atoms with Crippen molar-refractivity contribution in [2.24, 2.45) is 11.8 Å². The summed E-state index contributed by atoms with van der Waals surface area (Å²) in [5.41, 5.74) is 1.98. The fourth-order valence-corrected chi connectivity index (χ4v) is 4.68. The lowest BCUT2D eigenvalue weighted by Gasteiger charge is -2.39. The third-order valence-corrected chi connectivity index (χ3v) is 6.38. The standard InChI is InChI=1S/C22H30N2O4/c1-16-3-2-4-19(15-16)23-20(25)17-5-7-18(8-6-17)21(26)24-11-9-22(10-12-24)27-13-14-28-22/h2-4,15,17-18H,5-14H2,1H3,(H,23,25). The molecule has 4 rings (SSSR count). The van der Waals surface area contributed by atoms with Gasteiger partial charge in [0.25, 0.3) is 0 Å². The minimum atomic E-state index is -0.442. The van der Waals surface area contributed by atoms with Gasteiger partial charge in [0.2, 0.25) is 11.8 Å². The molecule has 2 aliphatic heterocycles. The number of rotatable bonds is 3. The van der Waals surface area contributed by atoms with E-state index in [9.17, 15) is 9.59 Å². The van der Waals surface area contributed by atoms with Crippen molar-refractivity contribution in [1.29, 1.82) is 0 Å². The van der Waals surface area contributed by atoms with Gasteiger partial charge in [-0.25, -0.2) is 0 Å². The molecule has 2 heterocycles. The summed E-state index contributed by atoms with van der Waals surface area (Å²) in [6, 6.07) is 7.86. The smallest absolute Gasteiger partial charge is 0.227 e. The van der Waals surface area contributed by atoms with E-state index in [2.05, 4.69) is 5.32 Å². The molecule has 1 N–H and O–H groups in total. The Bertz CT molecular complexity index is 711. The first-order chi connectivity index (χ1) is 13.5. The summed E-state index contributed by atoms with van der Waals surface area (Å²) in [4.78, 5) is 27.4. The van der Waals surface area contributed by atoms with E-state index in [1.54, 1.807) is 0 Å². The molecule has 2 amide bonds. The summed E-state index contributed by atoms with van der Waals surface area (Å²) >= 11 is 0. The van der Waals surface area contributed by atoms with Crippen LogP contribution in [0.15, 0.2) is 24.3 Å². The number of nitrogens with one attached hydrogen (secondary N) is 1. The second kappa shape index (κ2) is 8.21. The van der Waals surface area contributed by atoms with E-state index in [-0.39, 0.29) is 23.7 Å². The fourth-order valence-electron chi connectivity index (χ4n) is 4.68. The van der Waals surface area contributed by atoms with Gasteiger partial charge >= 0.3 is 0 Å². The zero-order valence-electron chi connectivity index (χ0n) is 16.6. The maximum absolute atomic E-state index is 12.9. The van der Waals surface area contributed by atoms with Crippen LogP contribution in [0.1, 0.15) is 44.1 Å². The average Bonchev–Trinajstić information content (AvgIpc) is 3.16. The molecule has 0 unspecified atom stereocenters. The van der Waals surface area contributed by atoms with Gasteiger partial charge in [0.05, 0.1) is 13.2 Å². The molecule has 6 nitrogen and oxygen atoms in total. The Kier molecular flexibility index (Phi) is 5.69. The number of likely N-dealkylation sites (tertiary alicyclic amines) is 1. The van der Waals surface area contributed by atoms with Crippen LogP contribution in [0.3, 0.4) is 0 Å². The van der Waals surface area contributed by atoms with Crippen molar-refractivity contribution >= 4 is 17.5 Å². The minimum Gasteiger partial charge on any atom is -0.347 e. The summed E-state index contributed by atoms with van der Waals surface area (Å²) < 4.78 is 11.5. The number of aryl methyl sites for hydroxylation is 1. The first-order valence-electron chi connectivity index (χ1n) is 10.5. The Morgan fingerprint density at radius 3 is 2.32 bits per heavy atom. The highest BCUT2D eigenvalue weighted by Crippen LogP contribution is 2.35. The first-order valence-corrected chi connectivity index (χ1v) is 10.5. The lowest BCUT2D eigenvalue weighted by Crippen LogP contribution is -2.49. The van der Waals surface area contributed by atoms with Crippen molar-refractivity contribution in [1.82, 2.24) is 4.90 Å². The number of carbonyl (C=O) groups excluding carboxylic acids is 2. The average molecular weight is 386 g/mol. The second-order valence-electron chi connectivity index (χ2n) is 8.34. The maximum Gasteiger partial charge on any atom is 0.227 e. The fraction of sp³-hybridized carbons (Fsp3) is 0.636. The Hall–Kier alpha value is -1.92. The van der Waals surface area contributed by atoms with Crippen LogP contribution >= 0.6 is 0 Å². The molecule has 6 heteroatoms. The van der Waals surface area contributed by atoms with E-state index in [1.165, 1.54) is 0 Å². The van der Waals surface area contributed by atoms with Crippen LogP contribution in [0.2, 0.25) is 0 Å². The third-order valence-electron chi connectivity index (χ3n) is 6.38. The molecular weight excluding hydrogens is 356 g/mol. The summed E-state index contributed by atoms with van der Waals surface area (Å²) in [6.07, 6.45) is 4.65. The van der Waals surface area contributed by atoms with Gasteiger partial charge in [0.15, 0.2) is 5.79 Å². The SMILES string of the molecule is Cc1cccc(NC(=O)C2CCC(C(=O)N3CCC4(CC3)OCCO4)CC2)c1. The number of benzene rings is 1. The Balaban J connectivity index is 1.24. The van der Waals surface area contributed by atoms with E-state index in [0.717, 1.165) is 49.8 Å². The number of amides is 2. The predicted octanol–water partition coefficient (Wildman–Crippen LogP) is 3.11. The molecule has 1 aromatic rings. The van der Waals surface area contributed by atoms with Gasteiger partial charge in [-0.05, 0) is 50.3 Å². The summed E-state index contributed by atoms with van der Waals surface area (Å²) in [5, 5.41) is 3.03. The maximum atomic E-state index is 12.9. The lowest BCUT2D eigenvalue weighted by molar-refractivity contribution is -0.188. The van der Waals surface area contributed by atoms with Gasteiger partial charge in [-0.3, -0.25) is 9.59 Å². The number of hydrogen-bond acceptors (Lipinski definition) is 4. The van der Waals surface area contributed by atoms with Gasteiger partial charge < -0.3 is 19.7 Å². The monoisotopic (exact) mass is 386 g/mol. The number of anilines is 1. The van der Waals surface area contributed by atoms with E-state index >= 15 is 0 Å². The topological polar surface area (TPSA) is 67.9 Å². The Labute approximate surface area is 166 Å². The molecule has 0 radical (unpaired) electrons. The third kappa shape index (κ3) is 4.23. The van der Waals surface area contributed by atoms with Crippen LogP contribution in [0, 0.1) is 18.8 Å². The quantitative estimate of drug-likeness (QED) is 0.867. The number of ether oxygens (including phenoxy) is 2. The summed E-state index contributed by atoms with van der Waals surface area (Å²) in [7, 11) is 0. The van der Waals surface area contributed by atoms with Gasteiger partial charge in [-0.2, -0.15) is 0 Å². The van der Waals surface area contributed by atoms with Gasteiger partial charge in [-0.1, -0.05) is 12.1 Å². The van der Waals surface area contributed by atoms with Crippen LogP contribution in [-0.2, 0) is 19.1 Å². The molecule has 1 saturated carbocycles. The van der Waals surface area contributed by atoms with Crippen LogP contribution in [0.25, 0.3) is 0 Å². The van der Waals surface area contributed by atoms with Crippen LogP contribution in [0.5, 0.6) is 0 Å². The zero-order chi connectivity index (χ0) is 19.6. The molecule has 1 aromatic carbocycles. The summed E-state index contributed by atoms with van der Waals surface area (Å²) in [6.45, 7) is 4.73. The highest BCUT2D eigenvalue weighted by molar-refractivity contribution is 5.92. The second-order valence-corrected chi connectivity index (χ2v) is 8.34. The van der Waals surface area contributed by atoms with Crippen LogP contribution in [-0.4, -0.2) is 48.8 Å². The lowest BCUT2D eigenvalue weighted by atomic mass is 9.80. The number of nitrogens with zero attached hydrogens (tertiary/aromatic N) is 1. The molecule has 1 spiro atoms. The molecule has 28 heavy (non-hydrogen) atoms. The Morgan fingerprint density at radius 1 is 1.04 bits per heavy atom. The van der Waals surface area contributed by atoms with E-state index in [0.29, 0.717) is 26.3 Å². The number of hydrogen-bond donors (Lipinski definition) is 1. The summed E-state index contributed by atoms with van der Waals surface area (Å²) in [5.74, 6) is -0.0863. The number of carbonyl (C=O) groups is 2. The molecule has 3 fully saturated rings. The largest absolute Gasteiger partial charge is 0.347 e. The highest BCUT2D eigenvalue weighted by atomic mass is 16.7. The van der Waals surface area contributed by atoms with Crippen molar-refractivity contribution < 1.29 is 19.1 Å². The molecule has 152 valence electrons. The van der Waals surface area contributed by atoms with E-state index < -0.39 is 5.79 Å². The number of piperidine rings is 1.